The van der Waals surface area contributed by atoms with Crippen molar-refractivity contribution in [1.29, 1.82) is 0 Å². The van der Waals surface area contributed by atoms with Gasteiger partial charge in [-0.05, 0) is 42.5 Å². The molecule has 0 aliphatic rings. The lowest BCUT2D eigenvalue weighted by atomic mass is 10.1. The van der Waals surface area contributed by atoms with Gasteiger partial charge in [-0.25, -0.2) is 19.2 Å². The van der Waals surface area contributed by atoms with Crippen LogP contribution in [0.2, 0.25) is 10.0 Å². The number of azo groups is 1. The number of nitrogens with two attached hydrogens (primary N) is 1. The predicted octanol–water partition coefficient (Wildman–Crippen LogP) is 6.84. The molecule has 0 aliphatic carbocycles. The van der Waals surface area contributed by atoms with Gasteiger partial charge in [0.2, 0.25) is 11.9 Å². The average Bonchev–Trinajstić information content (AvgIpc) is 3.49. The van der Waals surface area contributed by atoms with Crippen molar-refractivity contribution in [3.63, 3.8) is 0 Å². The van der Waals surface area contributed by atoms with Crippen LogP contribution in [0.4, 0.5) is 40.5 Å². The van der Waals surface area contributed by atoms with E-state index in [2.05, 4.69) is 40.9 Å². The molecule has 8 N–H and O–H groups in total. The summed E-state index contributed by atoms with van der Waals surface area (Å²) in [6.07, 6.45) is 0. The number of hydrogen-bond acceptors (Lipinski definition) is 15. The second kappa shape index (κ2) is 16.2. The number of nitrogen functional groups attached to an aromatic ring is 1. The molecule has 6 aromatic rings. The summed E-state index contributed by atoms with van der Waals surface area (Å²) in [6.45, 7) is 0.0934. The Kier molecular flexibility index (Phi) is 11.0. The largest absolute Gasteiger partial charge is 0.478 e. The number of carbonyl (C=O) groups is 5. The first kappa shape index (κ1) is 38.7. The van der Waals surface area contributed by atoms with Gasteiger partial charge in [0.1, 0.15) is 17.1 Å². The third-order valence-corrected chi connectivity index (χ3v) is 8.17. The molecule has 0 amide bonds. The second-order valence-corrected chi connectivity index (χ2v) is 12.2. The molecule has 0 aliphatic heterocycles. The van der Waals surface area contributed by atoms with Crippen molar-refractivity contribution in [2.45, 2.75) is 0 Å². The van der Waals surface area contributed by atoms with E-state index in [-0.39, 0.29) is 96.6 Å². The van der Waals surface area contributed by atoms with Gasteiger partial charge in [-0.15, -0.1) is 10.2 Å². The van der Waals surface area contributed by atoms with Crippen LogP contribution in [0.1, 0.15) is 41.4 Å². The first-order valence-corrected chi connectivity index (χ1v) is 16.4. The highest BCUT2D eigenvalue weighted by Gasteiger charge is 2.23. The fraction of sp³-hybridized carbons (Fsp3) is 0. The lowest BCUT2D eigenvalue weighted by molar-refractivity contribution is -0.120. The Bertz CT molecular complexity index is 2620. The number of nitrogens with zero attached hydrogens (tertiary/aromatic N) is 7. The summed E-state index contributed by atoms with van der Waals surface area (Å²) >= 11 is 12.3. The molecular formula is C35H22Cl2N10O10. The molecule has 22 heteroatoms. The Morgan fingerprint density at radius 1 is 0.719 bits per heavy atom. The number of rotatable bonds is 14. The molecule has 0 unspecified atom stereocenters. The molecule has 20 nitrogen and oxygen atoms in total. The number of carboxylic acid groups (broad SMARTS) is 4. The first-order valence-electron chi connectivity index (χ1n) is 15.7. The third-order valence-electron chi connectivity index (χ3n) is 7.56. The van der Waals surface area contributed by atoms with Crippen LogP contribution in [-0.4, -0.2) is 75.5 Å². The summed E-state index contributed by atoms with van der Waals surface area (Å²) in [4.78, 5) is 71.3. The van der Waals surface area contributed by atoms with Crippen molar-refractivity contribution >= 4 is 94.0 Å². The molecule has 0 atom stereocenters. The Morgan fingerprint density at radius 3 is 1.86 bits per heavy atom. The number of anilines is 5. The molecule has 0 spiro atoms. The molecule has 2 heterocycles. The minimum absolute atomic E-state index is 0.0179. The monoisotopic (exact) mass is 812 g/mol. The fourth-order valence-electron chi connectivity index (χ4n) is 5.04. The molecule has 0 saturated heterocycles. The third kappa shape index (κ3) is 8.72. The molecule has 0 fully saturated rings. The first-order chi connectivity index (χ1) is 27.2. The minimum Gasteiger partial charge on any atom is -0.478 e. The maximum atomic E-state index is 11.8. The van der Waals surface area contributed by atoms with Crippen LogP contribution in [0, 0.1) is 0 Å². The zero-order chi connectivity index (χ0) is 41.0. The standard InChI is InChI=1S/C35H22Cl2N10O10/c36-23-13-24(37)25(12-22(23)32(55)56)44-45-27-26(15-4-2-1-3-5-15)46-47(28(27)38)35-42-33(39-19-7-16(29(49)50)6-17(8-19)30(51)52)41-34(43-35)40-20-9-18(31(53)54)10-21(11-20)57-14-48/h1-14H,38H2,(H,49,50)(H,51,52)(H,53,54)(H,55,56)(H2,39,40,41,42,43). The van der Waals surface area contributed by atoms with E-state index in [0.717, 1.165) is 35.0 Å². The molecule has 0 radical (unpaired) electrons. The lowest BCUT2D eigenvalue weighted by Gasteiger charge is -2.12. The molecule has 57 heavy (non-hydrogen) atoms. The maximum Gasteiger partial charge on any atom is 0.337 e. The highest BCUT2D eigenvalue weighted by molar-refractivity contribution is 6.37. The minimum atomic E-state index is -1.43. The maximum absolute atomic E-state index is 11.8. The van der Waals surface area contributed by atoms with E-state index in [4.69, 9.17) is 33.7 Å². The van der Waals surface area contributed by atoms with Crippen molar-refractivity contribution in [3.05, 3.63) is 111 Å². The predicted molar refractivity (Wildman–Crippen MR) is 201 cm³/mol. The summed E-state index contributed by atoms with van der Waals surface area (Å²) in [5.74, 6) is -6.88. The fourth-order valence-corrected chi connectivity index (χ4v) is 5.54. The Labute approximate surface area is 327 Å². The number of halogens is 2. The van der Waals surface area contributed by atoms with Crippen LogP contribution >= 0.6 is 23.2 Å². The topological polar surface area (TPSA) is 307 Å². The number of benzene rings is 4. The van der Waals surface area contributed by atoms with Crippen molar-refractivity contribution in [3.8, 4) is 23.0 Å². The summed E-state index contributed by atoms with van der Waals surface area (Å²) in [7, 11) is 0. The van der Waals surface area contributed by atoms with E-state index >= 15 is 0 Å². The van der Waals surface area contributed by atoms with E-state index in [0.29, 0.717) is 5.56 Å². The Morgan fingerprint density at radius 2 is 1.30 bits per heavy atom. The van der Waals surface area contributed by atoms with Crippen LogP contribution in [0.25, 0.3) is 17.2 Å². The average molecular weight is 814 g/mol. The number of aromatic carboxylic acids is 4. The van der Waals surface area contributed by atoms with Gasteiger partial charge in [-0.1, -0.05) is 53.5 Å². The quantitative estimate of drug-likeness (QED) is 0.0437. The summed E-state index contributed by atoms with van der Waals surface area (Å²) in [5, 5.41) is 56.8. The van der Waals surface area contributed by atoms with E-state index < -0.39 is 23.9 Å². The van der Waals surface area contributed by atoms with Gasteiger partial charge in [-0.2, -0.15) is 24.7 Å². The Hall–Kier alpha value is -7.97. The molecule has 6 rings (SSSR count). The molecule has 2 aromatic heterocycles. The number of ether oxygens (including phenoxy) is 1. The normalized spacial score (nSPS) is 10.9. The summed E-state index contributed by atoms with van der Waals surface area (Å²) < 4.78 is 5.89. The zero-order valence-electron chi connectivity index (χ0n) is 28.3. The molecule has 4 aromatic carbocycles. The van der Waals surface area contributed by atoms with Crippen LogP contribution in [0.15, 0.2) is 89.1 Å². The SMILES string of the molecule is Nc1c(N=Nc2cc(C(=O)O)c(Cl)cc2Cl)c(-c2ccccc2)nn1-c1nc(Nc2cc(OC=O)cc(C(=O)O)c2)nc(Nc2cc(C(=O)O)cc(C(=O)O)c2)n1. The Balaban J connectivity index is 1.53. The van der Waals surface area contributed by atoms with Crippen LogP contribution < -0.4 is 21.1 Å². The number of carboxylic acids is 4. The second-order valence-electron chi connectivity index (χ2n) is 11.4. The highest BCUT2D eigenvalue weighted by Crippen LogP contribution is 2.39. The van der Waals surface area contributed by atoms with E-state index in [1.807, 2.05) is 0 Å². The van der Waals surface area contributed by atoms with Gasteiger partial charge in [0, 0.05) is 23.0 Å². The van der Waals surface area contributed by atoms with E-state index in [9.17, 15) is 44.4 Å². The number of carbonyl (C=O) groups excluding carboxylic acids is 1. The van der Waals surface area contributed by atoms with Crippen molar-refractivity contribution in [1.82, 2.24) is 24.7 Å². The lowest BCUT2D eigenvalue weighted by Crippen LogP contribution is -2.12. The van der Waals surface area contributed by atoms with E-state index in [1.54, 1.807) is 30.3 Å². The van der Waals surface area contributed by atoms with Crippen LogP contribution in [0.3, 0.4) is 0 Å². The number of nitrogens with one attached hydrogen (secondary N) is 2. The number of hydrogen-bond donors (Lipinski definition) is 7. The van der Waals surface area contributed by atoms with Gasteiger partial charge >= 0.3 is 23.9 Å². The van der Waals surface area contributed by atoms with Gasteiger partial charge in [0.05, 0.1) is 32.3 Å². The highest BCUT2D eigenvalue weighted by atomic mass is 35.5. The van der Waals surface area contributed by atoms with Gasteiger partial charge < -0.3 is 41.5 Å². The zero-order valence-corrected chi connectivity index (χ0v) is 29.8. The molecule has 0 saturated carbocycles. The van der Waals surface area contributed by atoms with Gasteiger partial charge in [0.25, 0.3) is 12.4 Å². The van der Waals surface area contributed by atoms with Crippen molar-refractivity contribution in [2.75, 3.05) is 16.4 Å². The van der Waals surface area contributed by atoms with Crippen molar-refractivity contribution in [2.24, 2.45) is 10.2 Å². The number of aromatic nitrogens is 5. The molecule has 0 bridgehead atoms. The van der Waals surface area contributed by atoms with Crippen LogP contribution in [0.5, 0.6) is 5.75 Å². The van der Waals surface area contributed by atoms with E-state index in [1.165, 1.54) is 18.2 Å². The smallest absolute Gasteiger partial charge is 0.337 e. The van der Waals surface area contributed by atoms with Crippen molar-refractivity contribution < 1.29 is 49.1 Å². The summed E-state index contributed by atoms with van der Waals surface area (Å²) in [5.41, 5.74) is 5.69. The molecular weight excluding hydrogens is 791 g/mol. The van der Waals surface area contributed by atoms with Gasteiger partial charge in [-0.3, -0.25) is 4.79 Å². The van der Waals surface area contributed by atoms with Gasteiger partial charge in [0.15, 0.2) is 11.5 Å². The molecule has 286 valence electrons. The van der Waals surface area contributed by atoms with Crippen LogP contribution in [-0.2, 0) is 4.79 Å². The summed E-state index contributed by atoms with van der Waals surface area (Å²) in [6, 6.07) is 17.5.